The summed E-state index contributed by atoms with van der Waals surface area (Å²) in [6.45, 7) is 8.39. The van der Waals surface area contributed by atoms with Gasteiger partial charge < -0.3 is 9.73 Å². The predicted molar refractivity (Wildman–Crippen MR) is 144 cm³/mol. The number of anilines is 1. The Labute approximate surface area is 205 Å². The van der Waals surface area contributed by atoms with E-state index in [1.54, 1.807) is 18.0 Å². The Morgan fingerprint density at radius 2 is 1.76 bits per heavy atom. The summed E-state index contributed by atoms with van der Waals surface area (Å²) in [6.07, 6.45) is 2.12. The molecule has 4 nitrogen and oxygen atoms in total. The van der Waals surface area contributed by atoms with Crippen LogP contribution in [0.4, 0.5) is 5.69 Å². The van der Waals surface area contributed by atoms with E-state index >= 15 is 0 Å². The van der Waals surface area contributed by atoms with E-state index in [0.717, 1.165) is 35.5 Å². The molecule has 34 heavy (non-hydrogen) atoms. The normalized spacial score (nSPS) is 15.3. The van der Waals surface area contributed by atoms with E-state index in [0.29, 0.717) is 22.6 Å². The minimum atomic E-state index is -0.0257. The summed E-state index contributed by atoms with van der Waals surface area (Å²) in [5, 5.41) is 4.22. The highest BCUT2D eigenvalue weighted by Gasteiger charge is 2.27. The largest absolute Gasteiger partial charge is 0.455 e. The van der Waals surface area contributed by atoms with Crippen LogP contribution in [0.25, 0.3) is 22.3 Å². The van der Waals surface area contributed by atoms with E-state index in [4.69, 9.17) is 4.42 Å². The molecule has 0 amide bonds. The van der Waals surface area contributed by atoms with Gasteiger partial charge in [0.25, 0.3) is 0 Å². The predicted octanol–water partition coefficient (Wildman–Crippen LogP) is 6.93. The number of aryl methyl sites for hydroxylation is 2. The average Bonchev–Trinajstić information content (AvgIpc) is 2.80. The van der Waals surface area contributed by atoms with Crippen LogP contribution in [-0.2, 0) is 0 Å². The smallest absolute Gasteiger partial charge is 0.193 e. The van der Waals surface area contributed by atoms with Crippen molar-refractivity contribution < 1.29 is 4.42 Å². The molecular formula is C29H30N2O2S. The van der Waals surface area contributed by atoms with Gasteiger partial charge in [-0.05, 0) is 55.9 Å². The summed E-state index contributed by atoms with van der Waals surface area (Å²) in [5.74, 6) is 1.18. The molecule has 5 heteroatoms. The zero-order valence-corrected chi connectivity index (χ0v) is 20.9. The molecular weight excluding hydrogens is 440 g/mol. The third-order valence-electron chi connectivity index (χ3n) is 6.76. The van der Waals surface area contributed by atoms with Crippen molar-refractivity contribution in [3.8, 4) is 11.3 Å². The number of para-hydroxylation sites is 1. The molecule has 5 rings (SSSR count). The molecule has 0 aliphatic carbocycles. The summed E-state index contributed by atoms with van der Waals surface area (Å²) in [4.78, 5) is 13.1. The van der Waals surface area contributed by atoms with Crippen LogP contribution in [0.3, 0.4) is 0 Å². The van der Waals surface area contributed by atoms with Crippen LogP contribution in [0.15, 0.2) is 75.9 Å². The van der Waals surface area contributed by atoms with Crippen LogP contribution in [0.2, 0.25) is 0 Å². The van der Waals surface area contributed by atoms with Gasteiger partial charge in [0, 0.05) is 41.9 Å². The van der Waals surface area contributed by atoms with Gasteiger partial charge in [-0.1, -0.05) is 60.5 Å². The van der Waals surface area contributed by atoms with Crippen LogP contribution < -0.4 is 10.7 Å². The lowest BCUT2D eigenvalue weighted by molar-refractivity contribution is 0.291. The first kappa shape index (κ1) is 22.8. The summed E-state index contributed by atoms with van der Waals surface area (Å²) in [6, 6.07) is 22.3. The molecule has 3 aromatic carbocycles. The lowest BCUT2D eigenvalue weighted by Crippen LogP contribution is -2.39. The first-order valence-corrected chi connectivity index (χ1v) is 12.9. The van der Waals surface area contributed by atoms with E-state index in [1.165, 1.54) is 11.1 Å². The topological polar surface area (TPSA) is 45.5 Å². The standard InChI is InChI=1S/C29H30N2O2S/c1-18-13-24(20(3)30-26-8-6-5-7-19(26)2)29-25(14-18)27(32)15-28(33-29)22-11-9-21(10-12-22)23-16-31(17-23)34-4/h5-15,20,23,30H,16-17H2,1-4H3. The fraction of sp³-hybridized carbons (Fsp3) is 0.276. The number of fused-ring (bicyclic) bond motifs is 1. The first-order chi connectivity index (χ1) is 16.4. The third kappa shape index (κ3) is 4.38. The van der Waals surface area contributed by atoms with Crippen LogP contribution in [0.1, 0.15) is 41.1 Å². The van der Waals surface area contributed by atoms with Crippen LogP contribution in [0.5, 0.6) is 0 Å². The van der Waals surface area contributed by atoms with Crippen molar-refractivity contribution in [2.75, 3.05) is 24.7 Å². The summed E-state index contributed by atoms with van der Waals surface area (Å²) in [5.41, 5.74) is 7.20. The van der Waals surface area contributed by atoms with E-state index in [2.05, 4.69) is 72.2 Å². The molecule has 0 spiro atoms. The Morgan fingerprint density at radius 1 is 1.03 bits per heavy atom. The molecule has 1 aliphatic heterocycles. The Bertz CT molecular complexity index is 1390. The van der Waals surface area contributed by atoms with E-state index in [9.17, 15) is 4.79 Å². The van der Waals surface area contributed by atoms with E-state index in [-0.39, 0.29) is 11.5 Å². The van der Waals surface area contributed by atoms with Crippen LogP contribution >= 0.6 is 11.9 Å². The van der Waals surface area contributed by atoms with Crippen LogP contribution in [-0.4, -0.2) is 23.7 Å². The second-order valence-corrected chi connectivity index (χ2v) is 10.1. The highest BCUT2D eigenvalue weighted by molar-refractivity contribution is 7.96. The Kier molecular flexibility index (Phi) is 6.24. The maximum atomic E-state index is 13.1. The number of hydrogen-bond acceptors (Lipinski definition) is 5. The van der Waals surface area contributed by atoms with Gasteiger partial charge in [0.1, 0.15) is 11.3 Å². The molecule has 4 aromatic rings. The number of nitrogens with one attached hydrogen (secondary N) is 1. The van der Waals surface area contributed by atoms with Gasteiger partial charge in [0.2, 0.25) is 0 Å². The van der Waals surface area contributed by atoms with Crippen molar-refractivity contribution in [2.45, 2.75) is 32.7 Å². The van der Waals surface area contributed by atoms with Gasteiger partial charge in [-0.3, -0.25) is 4.79 Å². The number of nitrogens with zero attached hydrogens (tertiary/aromatic N) is 1. The molecule has 2 heterocycles. The number of rotatable bonds is 6. The molecule has 1 unspecified atom stereocenters. The van der Waals surface area contributed by atoms with Crippen LogP contribution in [0, 0.1) is 13.8 Å². The molecule has 1 N–H and O–H groups in total. The number of benzene rings is 3. The van der Waals surface area contributed by atoms with Gasteiger partial charge in [-0.2, -0.15) is 0 Å². The molecule has 0 radical (unpaired) electrons. The van der Waals surface area contributed by atoms with Crippen molar-refractivity contribution in [2.24, 2.45) is 0 Å². The Hall–Kier alpha value is -3.02. The van der Waals surface area contributed by atoms with Gasteiger partial charge in [-0.25, -0.2) is 4.31 Å². The van der Waals surface area contributed by atoms with Crippen molar-refractivity contribution in [1.29, 1.82) is 0 Å². The summed E-state index contributed by atoms with van der Waals surface area (Å²) < 4.78 is 8.79. The molecule has 0 saturated carbocycles. The summed E-state index contributed by atoms with van der Waals surface area (Å²) in [7, 11) is 0. The monoisotopic (exact) mass is 470 g/mol. The lowest BCUT2D eigenvalue weighted by atomic mass is 9.92. The maximum Gasteiger partial charge on any atom is 0.193 e. The number of hydrogen-bond donors (Lipinski definition) is 1. The molecule has 1 aromatic heterocycles. The highest BCUT2D eigenvalue weighted by Crippen LogP contribution is 2.34. The first-order valence-electron chi connectivity index (χ1n) is 11.7. The molecule has 174 valence electrons. The van der Waals surface area contributed by atoms with Crippen molar-refractivity contribution in [3.63, 3.8) is 0 Å². The molecule has 1 fully saturated rings. The zero-order chi connectivity index (χ0) is 23.8. The van der Waals surface area contributed by atoms with Gasteiger partial charge in [0.15, 0.2) is 5.43 Å². The zero-order valence-electron chi connectivity index (χ0n) is 20.1. The van der Waals surface area contributed by atoms with Gasteiger partial charge in [-0.15, -0.1) is 0 Å². The fourth-order valence-corrected chi connectivity index (χ4v) is 5.32. The van der Waals surface area contributed by atoms with Crippen molar-refractivity contribution in [1.82, 2.24) is 4.31 Å². The molecule has 0 bridgehead atoms. The van der Waals surface area contributed by atoms with E-state index < -0.39 is 0 Å². The summed E-state index contributed by atoms with van der Waals surface area (Å²) >= 11 is 1.80. The highest BCUT2D eigenvalue weighted by atomic mass is 32.2. The van der Waals surface area contributed by atoms with Gasteiger partial charge >= 0.3 is 0 Å². The minimum absolute atomic E-state index is 0.0111. The maximum absolute atomic E-state index is 13.1. The Balaban J connectivity index is 1.51. The van der Waals surface area contributed by atoms with E-state index in [1.807, 2.05) is 25.1 Å². The average molecular weight is 471 g/mol. The second kappa shape index (κ2) is 9.32. The fourth-order valence-electron chi connectivity index (χ4n) is 4.66. The minimum Gasteiger partial charge on any atom is -0.455 e. The van der Waals surface area contributed by atoms with Crippen molar-refractivity contribution >= 4 is 28.6 Å². The molecule has 1 atom stereocenters. The second-order valence-electron chi connectivity index (χ2n) is 9.24. The quantitative estimate of drug-likeness (QED) is 0.310. The third-order valence-corrected chi connectivity index (χ3v) is 7.57. The van der Waals surface area contributed by atoms with Gasteiger partial charge in [0.05, 0.1) is 11.4 Å². The Morgan fingerprint density at radius 3 is 2.47 bits per heavy atom. The van der Waals surface area contributed by atoms with Crippen molar-refractivity contribution in [3.05, 3.63) is 99.2 Å². The SMILES string of the molecule is CSN1CC(c2ccc(-c3cc(=O)c4cc(C)cc(C(C)Nc5ccccc5C)c4o3)cc2)C1. The lowest BCUT2D eigenvalue weighted by Gasteiger charge is -2.37. The molecule has 1 aliphatic rings. The molecule has 1 saturated heterocycles.